The van der Waals surface area contributed by atoms with Crippen molar-refractivity contribution in [3.05, 3.63) is 52.3 Å². The largest absolute Gasteiger partial charge is 0.374 e. The molecule has 1 unspecified atom stereocenters. The number of rotatable bonds is 1. The fraction of sp³-hybridized carbons (Fsp3) is 0.409. The van der Waals surface area contributed by atoms with E-state index in [9.17, 15) is 9.90 Å². The van der Waals surface area contributed by atoms with Crippen molar-refractivity contribution >= 4 is 23.0 Å². The maximum Gasteiger partial charge on any atom is 0.204 e. The van der Waals surface area contributed by atoms with Crippen molar-refractivity contribution in [2.24, 2.45) is 4.99 Å². The maximum absolute atomic E-state index is 13.1. The number of fused-ring (bicyclic) bond motifs is 3. The third-order valence-corrected chi connectivity index (χ3v) is 6.25. The van der Waals surface area contributed by atoms with Gasteiger partial charge in [0.15, 0.2) is 5.60 Å². The van der Waals surface area contributed by atoms with Gasteiger partial charge in [-0.2, -0.15) is 0 Å². The minimum atomic E-state index is -1.54. The molecule has 1 aromatic heterocycles. The zero-order valence-corrected chi connectivity index (χ0v) is 15.7. The number of anilines is 1. The van der Waals surface area contributed by atoms with Crippen molar-refractivity contribution in [1.82, 2.24) is 4.98 Å². The lowest BCUT2D eigenvalue weighted by molar-refractivity contribution is 0.0602. The van der Waals surface area contributed by atoms with Crippen LogP contribution in [0.3, 0.4) is 0 Å². The number of hydrogen-bond donors (Lipinski definition) is 1. The van der Waals surface area contributed by atoms with E-state index in [1.54, 1.807) is 0 Å². The second kappa shape index (κ2) is 5.73. The Hall–Kier alpha value is -2.53. The minimum Gasteiger partial charge on any atom is -0.374 e. The highest BCUT2D eigenvalue weighted by molar-refractivity contribution is 6.28. The molecule has 0 radical (unpaired) electrons. The van der Waals surface area contributed by atoms with E-state index >= 15 is 0 Å². The molecule has 0 bridgehead atoms. The van der Waals surface area contributed by atoms with Gasteiger partial charge in [0, 0.05) is 24.2 Å². The molecule has 1 atom stereocenters. The van der Waals surface area contributed by atoms with Crippen LogP contribution in [0, 0.1) is 13.8 Å². The molecule has 1 aliphatic carbocycles. The smallest absolute Gasteiger partial charge is 0.204 e. The van der Waals surface area contributed by atoms with Gasteiger partial charge >= 0.3 is 0 Å². The van der Waals surface area contributed by atoms with Gasteiger partial charge in [-0.05, 0) is 74.4 Å². The average molecular weight is 361 g/mol. The summed E-state index contributed by atoms with van der Waals surface area (Å²) in [4.78, 5) is 24.5. The number of carbonyl (C=O) groups excluding carboxylic acids is 1. The van der Waals surface area contributed by atoms with E-state index < -0.39 is 5.60 Å². The van der Waals surface area contributed by atoms with Crippen LogP contribution in [0.4, 0.5) is 11.4 Å². The highest BCUT2D eigenvalue weighted by atomic mass is 16.3. The number of hydrogen-bond acceptors (Lipinski definition) is 5. The van der Waals surface area contributed by atoms with E-state index in [4.69, 9.17) is 4.99 Å². The Morgan fingerprint density at radius 3 is 2.74 bits per heavy atom. The van der Waals surface area contributed by atoms with E-state index in [1.165, 1.54) is 24.1 Å². The summed E-state index contributed by atoms with van der Waals surface area (Å²) in [5, 5.41) is 11.2. The Morgan fingerprint density at radius 1 is 1.11 bits per heavy atom. The van der Waals surface area contributed by atoms with Gasteiger partial charge in [-0.1, -0.05) is 0 Å². The molecule has 5 nitrogen and oxygen atoms in total. The molecular formula is C22H23N3O2. The number of benzene rings is 1. The number of aliphatic hydroxyl groups is 1. The zero-order valence-electron chi connectivity index (χ0n) is 15.7. The van der Waals surface area contributed by atoms with Gasteiger partial charge in [0.1, 0.15) is 5.84 Å². The fourth-order valence-electron chi connectivity index (χ4n) is 4.47. The van der Waals surface area contributed by atoms with Gasteiger partial charge in [0.2, 0.25) is 5.78 Å². The number of aliphatic imine (C=N–C) groups is 1. The first-order valence-electron chi connectivity index (χ1n) is 9.70. The Bertz CT molecular complexity index is 1010. The number of pyridine rings is 1. The molecule has 5 rings (SSSR count). The minimum absolute atomic E-state index is 0.237. The van der Waals surface area contributed by atoms with Crippen LogP contribution in [-0.2, 0) is 12.8 Å². The molecule has 1 aromatic carbocycles. The lowest BCUT2D eigenvalue weighted by atomic mass is 9.86. The van der Waals surface area contributed by atoms with Crippen molar-refractivity contribution in [3.8, 4) is 0 Å². The van der Waals surface area contributed by atoms with Crippen molar-refractivity contribution in [2.75, 3.05) is 11.4 Å². The summed E-state index contributed by atoms with van der Waals surface area (Å²) in [7, 11) is 0. The third-order valence-electron chi connectivity index (χ3n) is 6.25. The van der Waals surface area contributed by atoms with E-state index in [1.807, 2.05) is 37.1 Å². The number of aryl methyl sites for hydroxylation is 4. The first-order chi connectivity index (χ1) is 13.0. The molecule has 0 amide bonds. The highest BCUT2D eigenvalue weighted by Gasteiger charge is 2.52. The number of ketones is 1. The van der Waals surface area contributed by atoms with Gasteiger partial charge in [-0.25, -0.2) is 4.99 Å². The summed E-state index contributed by atoms with van der Waals surface area (Å²) in [6.45, 7) is 4.56. The molecule has 3 aliphatic rings. The molecule has 27 heavy (non-hydrogen) atoms. The Morgan fingerprint density at radius 2 is 1.89 bits per heavy atom. The maximum atomic E-state index is 13.1. The quantitative estimate of drug-likeness (QED) is 0.845. The number of amidine groups is 1. The molecule has 1 saturated heterocycles. The normalized spacial score (nSPS) is 23.6. The molecule has 0 saturated carbocycles. The highest BCUT2D eigenvalue weighted by Crippen LogP contribution is 2.40. The number of Topliss-reactive ketones (excluding diaryl/α,β-unsaturated/α-hetero) is 1. The van der Waals surface area contributed by atoms with E-state index in [2.05, 4.69) is 11.1 Å². The van der Waals surface area contributed by atoms with Crippen LogP contribution in [0.1, 0.15) is 52.0 Å². The Balaban J connectivity index is 1.62. The summed E-state index contributed by atoms with van der Waals surface area (Å²) in [6.07, 6.45) is 6.67. The summed E-state index contributed by atoms with van der Waals surface area (Å²) >= 11 is 0. The van der Waals surface area contributed by atoms with Crippen LogP contribution in [0.2, 0.25) is 0 Å². The first kappa shape index (κ1) is 16.6. The van der Waals surface area contributed by atoms with Crippen LogP contribution in [0.15, 0.2) is 29.4 Å². The first-order valence-corrected chi connectivity index (χ1v) is 9.70. The van der Waals surface area contributed by atoms with Gasteiger partial charge in [-0.3, -0.25) is 9.78 Å². The van der Waals surface area contributed by atoms with Crippen molar-refractivity contribution in [1.29, 1.82) is 0 Å². The molecule has 3 heterocycles. The predicted octanol–water partition coefficient (Wildman–Crippen LogP) is 3.44. The topological polar surface area (TPSA) is 65.8 Å². The summed E-state index contributed by atoms with van der Waals surface area (Å²) in [5.41, 5.74) is 5.15. The van der Waals surface area contributed by atoms with Crippen LogP contribution in [0.25, 0.3) is 0 Å². The lowest BCUT2D eigenvalue weighted by Crippen LogP contribution is -2.48. The van der Waals surface area contributed by atoms with Crippen molar-refractivity contribution in [2.45, 2.75) is 51.6 Å². The van der Waals surface area contributed by atoms with Crippen LogP contribution >= 0.6 is 0 Å². The van der Waals surface area contributed by atoms with Gasteiger partial charge < -0.3 is 10.0 Å². The second-order valence-electron chi connectivity index (χ2n) is 7.99. The molecule has 0 spiro atoms. The molecule has 2 aliphatic heterocycles. The monoisotopic (exact) mass is 361 g/mol. The van der Waals surface area contributed by atoms with Gasteiger partial charge in [0.25, 0.3) is 0 Å². The number of nitrogens with zero attached hydrogens (tertiary/aromatic N) is 3. The summed E-state index contributed by atoms with van der Waals surface area (Å²) < 4.78 is 0. The van der Waals surface area contributed by atoms with E-state index in [0.29, 0.717) is 30.1 Å². The average Bonchev–Trinajstić information content (AvgIpc) is 3.01. The fourth-order valence-corrected chi connectivity index (χ4v) is 4.47. The molecule has 1 N–H and O–H groups in total. The van der Waals surface area contributed by atoms with Gasteiger partial charge in [-0.15, -0.1) is 0 Å². The van der Waals surface area contributed by atoms with E-state index in [0.717, 1.165) is 29.7 Å². The van der Waals surface area contributed by atoms with Crippen LogP contribution < -0.4 is 4.90 Å². The third kappa shape index (κ3) is 2.38. The predicted molar refractivity (Wildman–Crippen MR) is 105 cm³/mol. The Kier molecular flexibility index (Phi) is 3.53. The second-order valence-corrected chi connectivity index (χ2v) is 7.99. The molecule has 5 heteroatoms. The molecule has 138 valence electrons. The molecular weight excluding hydrogens is 338 g/mol. The van der Waals surface area contributed by atoms with Crippen LogP contribution in [0.5, 0.6) is 0 Å². The zero-order chi connectivity index (χ0) is 18.8. The lowest BCUT2D eigenvalue weighted by Gasteiger charge is -2.30. The summed E-state index contributed by atoms with van der Waals surface area (Å²) in [5.74, 6) is 0.208. The summed E-state index contributed by atoms with van der Waals surface area (Å²) in [6, 6.07) is 5.96. The van der Waals surface area contributed by atoms with Crippen LogP contribution in [-0.4, -0.2) is 33.9 Å². The van der Waals surface area contributed by atoms with Gasteiger partial charge in [0.05, 0.1) is 17.6 Å². The standard InChI is InChI=1S/C22H23N3O2/c1-13-9-17-19(10-14(13)2)24-21-22(27,20(17)26)7-8-25(21)16-11-15-5-3-4-6-18(15)23-12-16/h9-12,27H,3-8H2,1-2H3. The SMILES string of the molecule is Cc1cc2c(cc1C)C(=O)C1(O)CCN(c3cnc4c(c3)CCCC4)C1=N2. The van der Waals surface area contributed by atoms with Crippen molar-refractivity contribution in [3.63, 3.8) is 0 Å². The Labute approximate surface area is 158 Å². The number of aromatic nitrogens is 1. The van der Waals surface area contributed by atoms with E-state index in [-0.39, 0.29) is 5.78 Å². The molecule has 2 aromatic rings. The van der Waals surface area contributed by atoms with Crippen molar-refractivity contribution < 1.29 is 9.90 Å². The number of carbonyl (C=O) groups is 1. The molecule has 1 fully saturated rings.